The van der Waals surface area contributed by atoms with Gasteiger partial charge in [-0.15, -0.1) is 0 Å². The molecule has 0 heterocycles. The van der Waals surface area contributed by atoms with Gasteiger partial charge in [0.1, 0.15) is 5.75 Å². The Morgan fingerprint density at radius 1 is 0.967 bits per heavy atom. The fraction of sp³-hybridized carbons (Fsp3) is 0.217. The summed E-state index contributed by atoms with van der Waals surface area (Å²) in [6, 6.07) is 19.5. The third kappa shape index (κ3) is 5.94. The summed E-state index contributed by atoms with van der Waals surface area (Å²) >= 11 is 0. The number of hydrogen-bond acceptors (Lipinski definition) is 4. The van der Waals surface area contributed by atoms with Gasteiger partial charge >= 0.3 is 0 Å². The molecule has 3 rings (SSSR count). The zero-order valence-corrected chi connectivity index (χ0v) is 16.6. The number of benzene rings is 3. The van der Waals surface area contributed by atoms with Crippen LogP contribution in [0.15, 0.2) is 66.7 Å². The molecule has 2 N–H and O–H groups in total. The lowest BCUT2D eigenvalue weighted by Crippen LogP contribution is -2.47. The van der Waals surface area contributed by atoms with Gasteiger partial charge in [-0.1, -0.05) is 42.5 Å². The average Bonchev–Trinajstić information content (AvgIpc) is 2.76. The molecule has 1 atom stereocenters. The van der Waals surface area contributed by atoms with E-state index in [1.807, 2.05) is 36.4 Å². The number of para-hydroxylation sites is 1. The Hall–Kier alpha value is -3.61. The van der Waals surface area contributed by atoms with Gasteiger partial charge < -0.3 is 9.47 Å². The maximum atomic E-state index is 13.4. The van der Waals surface area contributed by atoms with E-state index >= 15 is 0 Å². The Bertz CT molecular complexity index is 1020. The molecule has 3 aromatic rings. The van der Waals surface area contributed by atoms with E-state index in [9.17, 15) is 14.0 Å². The summed E-state index contributed by atoms with van der Waals surface area (Å²) < 4.78 is 24.4. The predicted molar refractivity (Wildman–Crippen MR) is 111 cm³/mol. The summed E-state index contributed by atoms with van der Waals surface area (Å²) in [7, 11) is 0. The van der Waals surface area contributed by atoms with Crippen LogP contribution in [0.2, 0.25) is 0 Å². The van der Waals surface area contributed by atoms with Gasteiger partial charge in [0.05, 0.1) is 6.61 Å². The van der Waals surface area contributed by atoms with Crippen LogP contribution in [0.5, 0.6) is 11.5 Å². The van der Waals surface area contributed by atoms with Crippen molar-refractivity contribution in [1.82, 2.24) is 10.9 Å². The molecule has 0 spiro atoms. The first-order valence-electron chi connectivity index (χ1n) is 9.64. The molecule has 3 aromatic carbocycles. The SMILES string of the molecule is CC(Oc1ccc2ccccc2c1)C(=O)NNC(=O)CCCOc1ccccc1F. The summed E-state index contributed by atoms with van der Waals surface area (Å²) in [6.45, 7) is 1.78. The van der Waals surface area contributed by atoms with Gasteiger partial charge in [-0.25, -0.2) is 4.39 Å². The number of ether oxygens (including phenoxy) is 2. The summed E-state index contributed by atoms with van der Waals surface area (Å²) in [5, 5.41) is 2.08. The number of hydrogen-bond donors (Lipinski definition) is 2. The fourth-order valence-electron chi connectivity index (χ4n) is 2.77. The van der Waals surface area contributed by atoms with Crippen LogP contribution in [0.1, 0.15) is 19.8 Å². The van der Waals surface area contributed by atoms with Crippen LogP contribution in [0.25, 0.3) is 10.8 Å². The Balaban J connectivity index is 1.37. The second-order valence-electron chi connectivity index (χ2n) is 6.69. The molecule has 6 nitrogen and oxygen atoms in total. The third-order valence-corrected chi connectivity index (χ3v) is 4.37. The molecule has 0 fully saturated rings. The van der Waals surface area contributed by atoms with Crippen LogP contribution in [-0.4, -0.2) is 24.5 Å². The molecule has 0 aliphatic rings. The van der Waals surface area contributed by atoms with Crippen molar-refractivity contribution in [2.24, 2.45) is 0 Å². The van der Waals surface area contributed by atoms with Crippen LogP contribution in [0.4, 0.5) is 4.39 Å². The summed E-state index contributed by atoms with van der Waals surface area (Å²) in [6.07, 6.45) is -0.302. The van der Waals surface area contributed by atoms with Crippen molar-refractivity contribution >= 4 is 22.6 Å². The second kappa shape index (κ2) is 10.2. The molecular formula is C23H23FN2O4. The standard InChI is InChI=1S/C23H23FN2O4/c1-16(30-19-13-12-17-7-2-3-8-18(17)15-19)23(28)26-25-22(27)11-6-14-29-21-10-5-4-9-20(21)24/h2-5,7-10,12-13,15-16H,6,11,14H2,1H3,(H,25,27)(H,26,28). The normalized spacial score (nSPS) is 11.5. The first kappa shape index (κ1) is 21.1. The minimum absolute atomic E-state index is 0.120. The van der Waals surface area contributed by atoms with E-state index in [0.717, 1.165) is 10.8 Å². The van der Waals surface area contributed by atoms with Gasteiger partial charge in [0, 0.05) is 6.42 Å². The second-order valence-corrected chi connectivity index (χ2v) is 6.69. The lowest BCUT2D eigenvalue weighted by atomic mass is 10.1. The van der Waals surface area contributed by atoms with Crippen LogP contribution in [-0.2, 0) is 9.59 Å². The molecule has 1 unspecified atom stereocenters. The van der Waals surface area contributed by atoms with Gasteiger partial charge in [-0.05, 0) is 48.4 Å². The molecule has 7 heteroatoms. The van der Waals surface area contributed by atoms with E-state index in [2.05, 4.69) is 10.9 Å². The Morgan fingerprint density at radius 2 is 1.70 bits per heavy atom. The molecule has 0 radical (unpaired) electrons. The highest BCUT2D eigenvalue weighted by molar-refractivity contribution is 5.85. The van der Waals surface area contributed by atoms with E-state index < -0.39 is 17.8 Å². The van der Waals surface area contributed by atoms with Crippen molar-refractivity contribution in [3.8, 4) is 11.5 Å². The molecule has 0 bridgehead atoms. The van der Waals surface area contributed by atoms with Gasteiger partial charge in [-0.3, -0.25) is 20.4 Å². The monoisotopic (exact) mass is 410 g/mol. The van der Waals surface area contributed by atoms with Crippen molar-refractivity contribution in [1.29, 1.82) is 0 Å². The Morgan fingerprint density at radius 3 is 2.50 bits per heavy atom. The summed E-state index contributed by atoms with van der Waals surface area (Å²) in [4.78, 5) is 24.0. The fourth-order valence-corrected chi connectivity index (χ4v) is 2.77. The molecule has 0 saturated carbocycles. The first-order chi connectivity index (χ1) is 14.5. The molecule has 0 saturated heterocycles. The smallest absolute Gasteiger partial charge is 0.279 e. The molecule has 0 aliphatic heterocycles. The van der Waals surface area contributed by atoms with E-state index in [4.69, 9.17) is 9.47 Å². The van der Waals surface area contributed by atoms with Crippen LogP contribution in [0.3, 0.4) is 0 Å². The van der Waals surface area contributed by atoms with Crippen molar-refractivity contribution in [2.75, 3.05) is 6.61 Å². The predicted octanol–water partition coefficient (Wildman–Crippen LogP) is 3.75. The first-order valence-corrected chi connectivity index (χ1v) is 9.64. The lowest BCUT2D eigenvalue weighted by molar-refractivity contribution is -0.132. The summed E-state index contributed by atoms with van der Waals surface area (Å²) in [5.41, 5.74) is 4.68. The van der Waals surface area contributed by atoms with Gasteiger partial charge in [-0.2, -0.15) is 0 Å². The van der Waals surface area contributed by atoms with Crippen LogP contribution < -0.4 is 20.3 Å². The molecule has 0 aliphatic carbocycles. The number of hydrazine groups is 1. The van der Waals surface area contributed by atoms with Gasteiger partial charge in [0.15, 0.2) is 17.7 Å². The van der Waals surface area contributed by atoms with E-state index in [1.54, 1.807) is 25.1 Å². The van der Waals surface area contributed by atoms with E-state index in [0.29, 0.717) is 12.2 Å². The third-order valence-electron chi connectivity index (χ3n) is 4.37. The zero-order valence-electron chi connectivity index (χ0n) is 16.6. The Labute approximate surface area is 174 Å². The maximum Gasteiger partial charge on any atom is 0.279 e. The van der Waals surface area contributed by atoms with Gasteiger partial charge in [0.25, 0.3) is 5.91 Å². The number of carbonyl (C=O) groups is 2. The number of fused-ring (bicyclic) bond motifs is 1. The van der Waals surface area contributed by atoms with Crippen molar-refractivity contribution in [3.63, 3.8) is 0 Å². The largest absolute Gasteiger partial charge is 0.491 e. The van der Waals surface area contributed by atoms with Crippen molar-refractivity contribution in [2.45, 2.75) is 25.9 Å². The minimum atomic E-state index is -0.796. The van der Waals surface area contributed by atoms with Crippen molar-refractivity contribution in [3.05, 3.63) is 72.5 Å². The molecule has 0 aromatic heterocycles. The summed E-state index contributed by atoms with van der Waals surface area (Å²) in [5.74, 6) is -0.592. The number of nitrogens with one attached hydrogen (secondary N) is 2. The molecule has 2 amide bonds. The number of amides is 2. The average molecular weight is 410 g/mol. The molecular weight excluding hydrogens is 387 g/mol. The highest BCUT2D eigenvalue weighted by Gasteiger charge is 2.15. The number of rotatable bonds is 8. The number of halogens is 1. The number of carbonyl (C=O) groups excluding carboxylic acids is 2. The highest BCUT2D eigenvalue weighted by Crippen LogP contribution is 2.21. The van der Waals surface area contributed by atoms with Crippen LogP contribution in [0, 0.1) is 5.82 Å². The van der Waals surface area contributed by atoms with Crippen molar-refractivity contribution < 1.29 is 23.5 Å². The van der Waals surface area contributed by atoms with E-state index in [-0.39, 0.29) is 24.7 Å². The van der Waals surface area contributed by atoms with Gasteiger partial charge in [0.2, 0.25) is 5.91 Å². The lowest BCUT2D eigenvalue weighted by Gasteiger charge is -2.15. The quantitative estimate of drug-likeness (QED) is 0.438. The minimum Gasteiger partial charge on any atom is -0.491 e. The van der Waals surface area contributed by atoms with E-state index in [1.165, 1.54) is 12.1 Å². The Kier molecular flexibility index (Phi) is 7.21. The molecule has 156 valence electrons. The molecule has 30 heavy (non-hydrogen) atoms. The highest BCUT2D eigenvalue weighted by atomic mass is 19.1. The maximum absolute atomic E-state index is 13.4. The van der Waals surface area contributed by atoms with Crippen LogP contribution >= 0.6 is 0 Å². The zero-order chi connectivity index (χ0) is 21.3. The topological polar surface area (TPSA) is 76.7 Å².